The van der Waals surface area contributed by atoms with Gasteiger partial charge >= 0.3 is 0 Å². The Morgan fingerprint density at radius 1 is 0.438 bits per heavy atom. The van der Waals surface area contributed by atoms with E-state index < -0.39 is 0 Å². The molecule has 6 heterocycles. The van der Waals surface area contributed by atoms with Crippen LogP contribution in [0.1, 0.15) is 63.8 Å². The normalized spacial score (nSPS) is 13.4. The molecule has 0 amide bonds. The molecule has 7 heteroatoms. The van der Waals surface area contributed by atoms with Crippen LogP contribution >= 0.6 is 34.0 Å². The van der Waals surface area contributed by atoms with Crippen molar-refractivity contribution in [3.8, 4) is 33.4 Å². The highest BCUT2D eigenvalue weighted by Gasteiger charge is 2.47. The highest BCUT2D eigenvalue weighted by molar-refractivity contribution is 7.18. The summed E-state index contributed by atoms with van der Waals surface area (Å²) in [6.07, 6.45) is 0. The molecular formula is C66H53BN2OS3. The lowest BCUT2D eigenvalue weighted by Gasteiger charge is -2.44. The number of aryl methyl sites for hydroxylation is 2. The molecule has 0 atom stereocenters. The molecule has 0 aliphatic carbocycles. The molecule has 0 bridgehead atoms. The van der Waals surface area contributed by atoms with Crippen molar-refractivity contribution < 1.29 is 4.42 Å². The third-order valence-corrected chi connectivity index (χ3v) is 18.5. The van der Waals surface area contributed by atoms with Crippen molar-refractivity contribution in [3.63, 3.8) is 0 Å². The van der Waals surface area contributed by atoms with Crippen LogP contribution in [0.15, 0.2) is 178 Å². The van der Waals surface area contributed by atoms with Gasteiger partial charge in [0, 0.05) is 80.5 Å². The smallest absolute Gasteiger partial charge is 0.257 e. The fraction of sp³-hybridized carbons (Fsp3) is 0.152. The lowest BCUT2D eigenvalue weighted by molar-refractivity contribution is 0.588. The average Bonchev–Trinajstić information content (AvgIpc) is 4.20. The largest absolute Gasteiger partial charge is 0.440 e. The van der Waals surface area contributed by atoms with Crippen LogP contribution in [-0.2, 0) is 10.8 Å². The second-order valence-corrected chi connectivity index (χ2v) is 25.0. The highest BCUT2D eigenvalue weighted by atomic mass is 32.1. The second kappa shape index (κ2) is 16.2. The van der Waals surface area contributed by atoms with Gasteiger partial charge in [-0.05, 0) is 163 Å². The van der Waals surface area contributed by atoms with E-state index in [9.17, 15) is 0 Å². The quantitative estimate of drug-likeness (QED) is 0.160. The number of thiophene rings is 3. The Morgan fingerprint density at radius 3 is 1.58 bits per heavy atom. The van der Waals surface area contributed by atoms with Crippen LogP contribution in [0.2, 0.25) is 0 Å². The van der Waals surface area contributed by atoms with Gasteiger partial charge in [0.25, 0.3) is 6.71 Å². The highest BCUT2D eigenvalue weighted by Crippen LogP contribution is 2.51. The van der Waals surface area contributed by atoms with Crippen molar-refractivity contribution in [2.45, 2.75) is 66.2 Å². The number of anilines is 6. The van der Waals surface area contributed by atoms with Gasteiger partial charge in [0.1, 0.15) is 5.58 Å². The zero-order valence-corrected chi connectivity index (χ0v) is 44.8. The van der Waals surface area contributed by atoms with E-state index in [1.54, 1.807) is 0 Å². The van der Waals surface area contributed by atoms with Crippen molar-refractivity contribution in [1.29, 1.82) is 0 Å². The molecule has 0 N–H and O–H groups in total. The van der Waals surface area contributed by atoms with Gasteiger partial charge in [-0.15, -0.1) is 34.0 Å². The fourth-order valence-corrected chi connectivity index (χ4v) is 14.9. The summed E-state index contributed by atoms with van der Waals surface area (Å²) >= 11 is 5.46. The lowest BCUT2D eigenvalue weighted by atomic mass is 9.33. The van der Waals surface area contributed by atoms with Crippen LogP contribution in [-0.4, -0.2) is 6.71 Å². The molecule has 2 aliphatic heterocycles. The van der Waals surface area contributed by atoms with E-state index in [1.807, 2.05) is 34.0 Å². The van der Waals surface area contributed by atoms with Gasteiger partial charge in [0.15, 0.2) is 0 Å². The summed E-state index contributed by atoms with van der Waals surface area (Å²) in [6.45, 7) is 18.5. The first-order valence-corrected chi connectivity index (χ1v) is 28.0. The van der Waals surface area contributed by atoms with E-state index in [1.165, 1.54) is 125 Å². The Bertz CT molecular complexity index is 4220. The third-order valence-electron chi connectivity index (χ3n) is 15.6. The predicted octanol–water partition coefficient (Wildman–Crippen LogP) is 18.4. The van der Waals surface area contributed by atoms with E-state index in [-0.39, 0.29) is 17.5 Å². The molecule has 73 heavy (non-hydrogen) atoms. The number of benzene rings is 8. The number of furan rings is 1. The molecule has 0 saturated heterocycles. The lowest BCUT2D eigenvalue weighted by Crippen LogP contribution is -2.61. The Labute approximate surface area is 439 Å². The van der Waals surface area contributed by atoms with E-state index >= 15 is 0 Å². The molecule has 354 valence electrons. The number of fused-ring (bicyclic) bond motifs is 9. The minimum absolute atomic E-state index is 0.0650. The molecule has 0 unspecified atom stereocenters. The van der Waals surface area contributed by atoms with Crippen LogP contribution in [0.25, 0.3) is 74.6 Å². The molecule has 8 aromatic carbocycles. The summed E-state index contributed by atoms with van der Waals surface area (Å²) in [6, 6.07) is 59.8. The molecule has 0 saturated carbocycles. The van der Waals surface area contributed by atoms with E-state index in [0.717, 1.165) is 22.8 Å². The summed E-state index contributed by atoms with van der Waals surface area (Å²) in [5.41, 5.74) is 22.7. The van der Waals surface area contributed by atoms with Crippen LogP contribution in [0.3, 0.4) is 0 Å². The molecule has 12 aromatic rings. The van der Waals surface area contributed by atoms with Crippen LogP contribution < -0.4 is 26.2 Å². The van der Waals surface area contributed by atoms with E-state index in [4.69, 9.17) is 4.42 Å². The topological polar surface area (TPSA) is 19.6 Å². The van der Waals surface area contributed by atoms with Gasteiger partial charge in [0.2, 0.25) is 5.88 Å². The molecule has 4 aromatic heterocycles. The monoisotopic (exact) mass is 996 g/mol. The molecule has 0 fully saturated rings. The van der Waals surface area contributed by atoms with Gasteiger partial charge in [-0.2, -0.15) is 0 Å². The molecule has 2 aliphatic rings. The number of nitrogens with zero attached hydrogens (tertiary/aromatic N) is 2. The van der Waals surface area contributed by atoms with Gasteiger partial charge in [-0.1, -0.05) is 126 Å². The van der Waals surface area contributed by atoms with Crippen LogP contribution in [0.5, 0.6) is 0 Å². The summed E-state index contributed by atoms with van der Waals surface area (Å²) < 4.78 is 11.3. The SMILES string of the molecule is Cc1cc(-c2csc3ccccc23)cc(C)c1N1c2cc(C(C)(C)C)cc3c2B(c2ccc(-c4csc5ccccc45)cc2N3c2cccc(-c3csc4ccccc34)c2)c2c1oc1ccc(C(C)(C)C)cc21. The Balaban J connectivity index is 1.08. The number of rotatable bonds is 5. The first kappa shape index (κ1) is 44.5. The van der Waals surface area contributed by atoms with Gasteiger partial charge in [0.05, 0.1) is 5.69 Å². The molecule has 3 nitrogen and oxygen atoms in total. The number of hydrogen-bond donors (Lipinski definition) is 0. The standard InChI is InChI=1S/C66H53BN2OS3/c1-38-28-42(52-37-73-60-23-14-11-20-48(52)60)29-39(2)63(38)69-56-34-44(66(6,7)8)33-55-62(56)67(61-49-32-43(65(3,4)5)25-27-57(49)70-64(61)69)53-26-24-41(51-36-72-59-22-13-10-19-47(51)59)31-54(53)68(55)45-17-15-16-40(30-45)50-35-71-58-21-12-9-18-46(50)58/h9-37H,1-8H3. The molecular weight excluding hydrogens is 944 g/mol. The van der Waals surface area contributed by atoms with Gasteiger partial charge in [-0.25, -0.2) is 0 Å². The zero-order valence-electron chi connectivity index (χ0n) is 42.3. The summed E-state index contributed by atoms with van der Waals surface area (Å²) in [7, 11) is 0. The van der Waals surface area contributed by atoms with E-state index in [2.05, 4.69) is 239 Å². The predicted molar refractivity (Wildman–Crippen MR) is 320 cm³/mol. The minimum atomic E-state index is -0.183. The second-order valence-electron chi connectivity index (χ2n) is 22.3. The Kier molecular flexibility index (Phi) is 9.87. The maximum atomic E-state index is 7.44. The Hall–Kier alpha value is -7.16. The summed E-state index contributed by atoms with van der Waals surface area (Å²) in [4.78, 5) is 5.12. The maximum absolute atomic E-state index is 7.44. The van der Waals surface area contributed by atoms with Crippen molar-refractivity contribution in [3.05, 3.63) is 196 Å². The minimum Gasteiger partial charge on any atom is -0.440 e. The summed E-state index contributed by atoms with van der Waals surface area (Å²) in [5.74, 6) is 0.897. The zero-order chi connectivity index (χ0) is 49.7. The van der Waals surface area contributed by atoms with E-state index in [0.29, 0.717) is 0 Å². The third kappa shape index (κ3) is 6.89. The Morgan fingerprint density at radius 2 is 0.986 bits per heavy atom. The van der Waals surface area contributed by atoms with Gasteiger partial charge in [-0.3, -0.25) is 4.90 Å². The van der Waals surface area contributed by atoms with Crippen LogP contribution in [0.4, 0.5) is 34.3 Å². The molecule has 0 spiro atoms. The summed E-state index contributed by atoms with van der Waals surface area (Å²) in [5, 5.41) is 12.0. The van der Waals surface area contributed by atoms with Crippen molar-refractivity contribution in [1.82, 2.24) is 0 Å². The average molecular weight is 997 g/mol. The van der Waals surface area contributed by atoms with Crippen molar-refractivity contribution in [2.75, 3.05) is 9.80 Å². The van der Waals surface area contributed by atoms with Crippen LogP contribution in [0, 0.1) is 13.8 Å². The van der Waals surface area contributed by atoms with Crippen molar-refractivity contribution in [2.24, 2.45) is 0 Å². The number of hydrogen-bond acceptors (Lipinski definition) is 6. The maximum Gasteiger partial charge on any atom is 0.257 e. The molecule has 0 radical (unpaired) electrons. The van der Waals surface area contributed by atoms with Crippen molar-refractivity contribution >= 4 is 133 Å². The first-order valence-electron chi connectivity index (χ1n) is 25.4. The molecule has 14 rings (SSSR count). The fourth-order valence-electron chi connectivity index (χ4n) is 12.0. The first-order chi connectivity index (χ1) is 35.3. The van der Waals surface area contributed by atoms with Gasteiger partial charge < -0.3 is 9.32 Å².